The van der Waals surface area contributed by atoms with Gasteiger partial charge in [-0.25, -0.2) is 4.98 Å². The summed E-state index contributed by atoms with van der Waals surface area (Å²) in [4.78, 5) is 4.33. The molecule has 0 saturated carbocycles. The molecule has 4 heteroatoms. The van der Waals surface area contributed by atoms with Crippen LogP contribution >= 0.6 is 15.9 Å². The van der Waals surface area contributed by atoms with E-state index >= 15 is 0 Å². The Hall–Kier alpha value is -1.13. The molecule has 0 aliphatic heterocycles. The molecule has 0 bridgehead atoms. The summed E-state index contributed by atoms with van der Waals surface area (Å²) < 4.78 is 3.22. The predicted octanol–water partition coefficient (Wildman–Crippen LogP) is 2.81. The Bertz CT molecular complexity index is 519. The second-order valence-corrected chi connectivity index (χ2v) is 4.95. The average Bonchev–Trinajstić information content (AvgIpc) is 2.65. The van der Waals surface area contributed by atoms with E-state index in [4.69, 9.17) is 5.73 Å². The van der Waals surface area contributed by atoms with Gasteiger partial charge < -0.3 is 10.3 Å². The van der Waals surface area contributed by atoms with Crippen LogP contribution in [0.5, 0.6) is 0 Å². The van der Waals surface area contributed by atoms with Crippen LogP contribution < -0.4 is 5.73 Å². The fourth-order valence-electron chi connectivity index (χ4n) is 1.97. The number of nitrogens with two attached hydrogens (primary N) is 1. The SMILES string of the molecule is Cc1ncn(C(CN)c2ccccc2Br)c1C. The number of aromatic nitrogens is 2. The normalized spacial score (nSPS) is 12.7. The zero-order chi connectivity index (χ0) is 12.4. The first kappa shape index (κ1) is 12.3. The van der Waals surface area contributed by atoms with E-state index in [0.29, 0.717) is 6.54 Å². The van der Waals surface area contributed by atoms with E-state index < -0.39 is 0 Å². The average molecular weight is 294 g/mol. The van der Waals surface area contributed by atoms with Gasteiger partial charge in [-0.2, -0.15) is 0 Å². The molecule has 1 atom stereocenters. The highest BCUT2D eigenvalue weighted by molar-refractivity contribution is 9.10. The molecule has 2 N–H and O–H groups in total. The highest BCUT2D eigenvalue weighted by Gasteiger charge is 2.16. The first-order valence-electron chi connectivity index (χ1n) is 5.59. The topological polar surface area (TPSA) is 43.8 Å². The highest BCUT2D eigenvalue weighted by atomic mass is 79.9. The van der Waals surface area contributed by atoms with Crippen LogP contribution in [0.3, 0.4) is 0 Å². The molecular weight excluding hydrogens is 278 g/mol. The third-order valence-electron chi connectivity index (χ3n) is 3.11. The standard InChI is InChI=1S/C13H16BrN3/c1-9-10(2)17(8-16-9)13(7-15)11-5-3-4-6-12(11)14/h3-6,8,13H,7,15H2,1-2H3. The smallest absolute Gasteiger partial charge is 0.0957 e. The van der Waals surface area contributed by atoms with E-state index in [9.17, 15) is 0 Å². The van der Waals surface area contributed by atoms with Gasteiger partial charge in [0.1, 0.15) is 0 Å². The monoisotopic (exact) mass is 293 g/mol. The molecule has 0 saturated heterocycles. The second-order valence-electron chi connectivity index (χ2n) is 4.10. The maximum atomic E-state index is 5.91. The number of imidazole rings is 1. The first-order valence-corrected chi connectivity index (χ1v) is 6.39. The highest BCUT2D eigenvalue weighted by Crippen LogP contribution is 2.27. The molecule has 1 aromatic heterocycles. The summed E-state index contributed by atoms with van der Waals surface area (Å²) in [6.07, 6.45) is 1.86. The number of aryl methyl sites for hydroxylation is 1. The maximum absolute atomic E-state index is 5.91. The van der Waals surface area contributed by atoms with E-state index in [1.54, 1.807) is 0 Å². The Kier molecular flexibility index (Phi) is 3.64. The van der Waals surface area contributed by atoms with Crippen LogP contribution in [0.1, 0.15) is 23.0 Å². The van der Waals surface area contributed by atoms with Gasteiger partial charge in [-0.15, -0.1) is 0 Å². The van der Waals surface area contributed by atoms with E-state index in [1.807, 2.05) is 31.5 Å². The van der Waals surface area contributed by atoms with Gasteiger partial charge in [0.15, 0.2) is 0 Å². The van der Waals surface area contributed by atoms with Gasteiger partial charge in [0.2, 0.25) is 0 Å². The van der Waals surface area contributed by atoms with E-state index in [1.165, 1.54) is 5.56 Å². The second kappa shape index (κ2) is 5.02. The third kappa shape index (κ3) is 2.28. The van der Waals surface area contributed by atoms with Gasteiger partial charge in [-0.05, 0) is 25.5 Å². The molecule has 0 aliphatic rings. The Balaban J connectivity index is 2.48. The summed E-state index contributed by atoms with van der Waals surface area (Å²) >= 11 is 3.58. The quantitative estimate of drug-likeness (QED) is 0.946. The fourth-order valence-corrected chi connectivity index (χ4v) is 2.51. The minimum Gasteiger partial charge on any atom is -0.328 e. The van der Waals surface area contributed by atoms with Crippen LogP contribution in [0, 0.1) is 13.8 Å². The molecule has 2 aromatic rings. The largest absolute Gasteiger partial charge is 0.328 e. The fraction of sp³-hybridized carbons (Fsp3) is 0.308. The molecule has 0 aliphatic carbocycles. The van der Waals surface area contributed by atoms with Gasteiger partial charge in [-0.3, -0.25) is 0 Å². The van der Waals surface area contributed by atoms with Gasteiger partial charge in [-0.1, -0.05) is 34.1 Å². The van der Waals surface area contributed by atoms with Crippen molar-refractivity contribution in [2.24, 2.45) is 5.73 Å². The molecule has 17 heavy (non-hydrogen) atoms. The van der Waals surface area contributed by atoms with Gasteiger partial charge in [0, 0.05) is 16.7 Å². The van der Waals surface area contributed by atoms with Crippen molar-refractivity contribution >= 4 is 15.9 Å². The van der Waals surface area contributed by atoms with E-state index in [0.717, 1.165) is 15.9 Å². The van der Waals surface area contributed by atoms with Crippen LogP contribution in [-0.2, 0) is 0 Å². The van der Waals surface area contributed by atoms with E-state index in [2.05, 4.69) is 38.5 Å². The van der Waals surface area contributed by atoms with Crippen molar-refractivity contribution in [1.29, 1.82) is 0 Å². The van der Waals surface area contributed by atoms with Crippen LogP contribution in [0.15, 0.2) is 35.1 Å². The number of nitrogens with zero attached hydrogens (tertiary/aromatic N) is 2. The molecule has 1 aromatic carbocycles. The molecule has 1 unspecified atom stereocenters. The number of hydrogen-bond donors (Lipinski definition) is 1. The van der Waals surface area contributed by atoms with Crippen molar-refractivity contribution < 1.29 is 0 Å². The van der Waals surface area contributed by atoms with E-state index in [-0.39, 0.29) is 6.04 Å². The number of hydrogen-bond acceptors (Lipinski definition) is 2. The van der Waals surface area contributed by atoms with Crippen molar-refractivity contribution in [3.8, 4) is 0 Å². The zero-order valence-corrected chi connectivity index (χ0v) is 11.6. The van der Waals surface area contributed by atoms with Crippen molar-refractivity contribution in [2.75, 3.05) is 6.54 Å². The Labute approximate surface area is 110 Å². The molecule has 90 valence electrons. The van der Waals surface area contributed by atoms with Crippen molar-refractivity contribution in [2.45, 2.75) is 19.9 Å². The van der Waals surface area contributed by atoms with Gasteiger partial charge in [0.25, 0.3) is 0 Å². The number of halogens is 1. The first-order chi connectivity index (χ1) is 8.15. The van der Waals surface area contributed by atoms with Gasteiger partial charge in [0.05, 0.1) is 18.1 Å². The minimum absolute atomic E-state index is 0.131. The minimum atomic E-state index is 0.131. The molecule has 3 nitrogen and oxygen atoms in total. The van der Waals surface area contributed by atoms with Gasteiger partial charge >= 0.3 is 0 Å². The molecule has 1 heterocycles. The Morgan fingerprint density at radius 1 is 1.35 bits per heavy atom. The molecule has 2 rings (SSSR count). The zero-order valence-electron chi connectivity index (χ0n) is 10.0. The summed E-state index contributed by atoms with van der Waals surface area (Å²) in [5.41, 5.74) is 9.32. The molecule has 0 spiro atoms. The lowest BCUT2D eigenvalue weighted by molar-refractivity contribution is 0.578. The number of benzene rings is 1. The third-order valence-corrected chi connectivity index (χ3v) is 3.83. The molecular formula is C13H16BrN3. The van der Waals surface area contributed by atoms with Crippen LogP contribution in [0.4, 0.5) is 0 Å². The summed E-state index contributed by atoms with van der Waals surface area (Å²) in [7, 11) is 0. The van der Waals surface area contributed by atoms with Crippen molar-refractivity contribution in [3.05, 3.63) is 52.0 Å². The summed E-state index contributed by atoms with van der Waals surface area (Å²) in [6.45, 7) is 4.64. The lowest BCUT2D eigenvalue weighted by atomic mass is 10.1. The summed E-state index contributed by atoms with van der Waals surface area (Å²) in [5, 5.41) is 0. The van der Waals surface area contributed by atoms with Crippen LogP contribution in [0.2, 0.25) is 0 Å². The molecule has 0 amide bonds. The predicted molar refractivity (Wildman–Crippen MR) is 73.0 cm³/mol. The van der Waals surface area contributed by atoms with Crippen molar-refractivity contribution in [1.82, 2.24) is 9.55 Å². The Morgan fingerprint density at radius 2 is 2.06 bits per heavy atom. The lowest BCUT2D eigenvalue weighted by Crippen LogP contribution is -2.21. The van der Waals surface area contributed by atoms with Crippen LogP contribution in [-0.4, -0.2) is 16.1 Å². The molecule has 0 radical (unpaired) electrons. The number of rotatable bonds is 3. The lowest BCUT2D eigenvalue weighted by Gasteiger charge is -2.20. The molecule has 0 fully saturated rings. The van der Waals surface area contributed by atoms with Crippen molar-refractivity contribution in [3.63, 3.8) is 0 Å². The summed E-state index contributed by atoms with van der Waals surface area (Å²) in [5.74, 6) is 0. The summed E-state index contributed by atoms with van der Waals surface area (Å²) in [6, 6.07) is 8.30. The Morgan fingerprint density at radius 3 is 2.59 bits per heavy atom. The maximum Gasteiger partial charge on any atom is 0.0957 e. The van der Waals surface area contributed by atoms with Crippen LogP contribution in [0.25, 0.3) is 0 Å².